The molecule has 1 aliphatic heterocycles. The number of carbonyl (C=O) groups excluding carboxylic acids is 1. The number of rotatable bonds is 4. The number of amides is 1. The molecule has 0 atom stereocenters. The molecule has 0 radical (unpaired) electrons. The second-order valence-corrected chi connectivity index (χ2v) is 5.86. The molecule has 3 rings (SSSR count). The van der Waals surface area contributed by atoms with Gasteiger partial charge in [0.2, 0.25) is 0 Å². The molecule has 1 amide bonds. The van der Waals surface area contributed by atoms with Crippen molar-refractivity contribution in [1.29, 1.82) is 0 Å². The molecule has 0 saturated carbocycles. The molecule has 132 valence electrons. The highest BCUT2D eigenvalue weighted by Crippen LogP contribution is 2.24. The fraction of sp³-hybridized carbons (Fsp3) is 0.316. The summed E-state index contributed by atoms with van der Waals surface area (Å²) in [6.07, 6.45) is 0. The molecule has 2 aromatic carbocycles. The van der Waals surface area contributed by atoms with Crippen LogP contribution in [0.3, 0.4) is 0 Å². The average Bonchev–Trinajstić information content (AvgIpc) is 2.67. The summed E-state index contributed by atoms with van der Waals surface area (Å²) in [4.78, 5) is 16.7. The summed E-state index contributed by atoms with van der Waals surface area (Å²) in [5.41, 5.74) is 1.52. The molecule has 0 unspecified atom stereocenters. The number of hydrogen-bond acceptors (Lipinski definition) is 4. The fourth-order valence-electron chi connectivity index (χ4n) is 2.93. The molecule has 5 nitrogen and oxygen atoms in total. The number of halogens is 1. The highest BCUT2D eigenvalue weighted by atomic mass is 19.1. The second kappa shape index (κ2) is 7.42. The summed E-state index contributed by atoms with van der Waals surface area (Å²) < 4.78 is 23.5. The van der Waals surface area contributed by atoms with Gasteiger partial charge >= 0.3 is 0 Å². The lowest BCUT2D eigenvalue weighted by Gasteiger charge is -2.36. The maximum absolute atomic E-state index is 13.0. The molecule has 0 aromatic heterocycles. The van der Waals surface area contributed by atoms with E-state index in [9.17, 15) is 9.18 Å². The lowest BCUT2D eigenvalue weighted by Crippen LogP contribution is -2.48. The monoisotopic (exact) mass is 344 g/mol. The summed E-state index contributed by atoms with van der Waals surface area (Å²) in [5.74, 6) is 0.890. The van der Waals surface area contributed by atoms with E-state index in [4.69, 9.17) is 9.47 Å². The van der Waals surface area contributed by atoms with Gasteiger partial charge in [-0.2, -0.15) is 0 Å². The predicted molar refractivity (Wildman–Crippen MR) is 94.1 cm³/mol. The van der Waals surface area contributed by atoms with Crippen molar-refractivity contribution in [2.45, 2.75) is 0 Å². The van der Waals surface area contributed by atoms with E-state index in [1.807, 2.05) is 4.90 Å². The van der Waals surface area contributed by atoms with Gasteiger partial charge < -0.3 is 19.3 Å². The third kappa shape index (κ3) is 3.84. The zero-order chi connectivity index (χ0) is 17.8. The number of carbonyl (C=O) groups is 1. The Balaban J connectivity index is 1.68. The van der Waals surface area contributed by atoms with Gasteiger partial charge in [-0.3, -0.25) is 4.79 Å². The molecule has 0 aliphatic carbocycles. The molecular weight excluding hydrogens is 323 g/mol. The first-order chi connectivity index (χ1) is 12.1. The standard InChI is InChI=1S/C19H21FN2O3/c1-24-17-11-14(12-18(13-17)25-2)19(23)22-9-7-21(8-10-22)16-5-3-15(20)4-6-16/h3-6,11-13H,7-10H2,1-2H3. The van der Waals surface area contributed by atoms with Gasteiger partial charge in [-0.15, -0.1) is 0 Å². The Morgan fingerprint density at radius 3 is 2.00 bits per heavy atom. The van der Waals surface area contributed by atoms with E-state index < -0.39 is 0 Å². The Morgan fingerprint density at radius 1 is 0.920 bits per heavy atom. The molecule has 25 heavy (non-hydrogen) atoms. The third-order valence-corrected chi connectivity index (χ3v) is 4.36. The highest BCUT2D eigenvalue weighted by molar-refractivity contribution is 5.95. The van der Waals surface area contributed by atoms with Gasteiger partial charge in [-0.25, -0.2) is 4.39 Å². The molecule has 1 fully saturated rings. The van der Waals surface area contributed by atoms with Crippen LogP contribution in [0.2, 0.25) is 0 Å². The van der Waals surface area contributed by atoms with Crippen LogP contribution < -0.4 is 14.4 Å². The quantitative estimate of drug-likeness (QED) is 0.855. The van der Waals surface area contributed by atoms with Gasteiger partial charge in [0, 0.05) is 43.5 Å². The summed E-state index contributed by atoms with van der Waals surface area (Å²) in [6.45, 7) is 2.63. The SMILES string of the molecule is COc1cc(OC)cc(C(=O)N2CCN(c3ccc(F)cc3)CC2)c1. The lowest BCUT2D eigenvalue weighted by atomic mass is 10.1. The van der Waals surface area contributed by atoms with Gasteiger partial charge in [0.25, 0.3) is 5.91 Å². The van der Waals surface area contributed by atoms with Gasteiger partial charge in [0.1, 0.15) is 17.3 Å². The Morgan fingerprint density at radius 2 is 1.48 bits per heavy atom. The smallest absolute Gasteiger partial charge is 0.254 e. The number of nitrogens with zero attached hydrogens (tertiary/aromatic N) is 2. The predicted octanol–water partition coefficient (Wildman–Crippen LogP) is 2.81. The normalized spacial score (nSPS) is 14.4. The number of piperazine rings is 1. The Labute approximate surface area is 146 Å². The minimum absolute atomic E-state index is 0.0454. The Kier molecular flexibility index (Phi) is 5.07. The number of benzene rings is 2. The summed E-state index contributed by atoms with van der Waals surface area (Å²) >= 11 is 0. The van der Waals surface area contributed by atoms with Crippen molar-refractivity contribution in [2.75, 3.05) is 45.3 Å². The van der Waals surface area contributed by atoms with Crippen molar-refractivity contribution in [1.82, 2.24) is 4.90 Å². The van der Waals surface area contributed by atoms with E-state index in [2.05, 4.69) is 4.90 Å². The highest BCUT2D eigenvalue weighted by Gasteiger charge is 2.23. The molecule has 1 saturated heterocycles. The van der Waals surface area contributed by atoms with Crippen LogP contribution in [0.15, 0.2) is 42.5 Å². The van der Waals surface area contributed by atoms with Crippen LogP contribution in [-0.4, -0.2) is 51.2 Å². The fourth-order valence-corrected chi connectivity index (χ4v) is 2.93. The molecule has 0 spiro atoms. The van der Waals surface area contributed by atoms with Crippen molar-refractivity contribution in [2.24, 2.45) is 0 Å². The van der Waals surface area contributed by atoms with E-state index in [0.717, 1.165) is 5.69 Å². The topological polar surface area (TPSA) is 42.0 Å². The van der Waals surface area contributed by atoms with Gasteiger partial charge in [-0.1, -0.05) is 0 Å². The van der Waals surface area contributed by atoms with Crippen molar-refractivity contribution in [3.8, 4) is 11.5 Å². The second-order valence-electron chi connectivity index (χ2n) is 5.86. The van der Waals surface area contributed by atoms with E-state index in [1.54, 1.807) is 44.6 Å². The Hall–Kier alpha value is -2.76. The first kappa shape index (κ1) is 17.1. The maximum atomic E-state index is 13.0. The molecular formula is C19H21FN2O3. The molecule has 1 heterocycles. The maximum Gasteiger partial charge on any atom is 0.254 e. The Bertz CT molecular complexity index is 719. The van der Waals surface area contributed by atoms with Crippen molar-refractivity contribution in [3.63, 3.8) is 0 Å². The first-order valence-corrected chi connectivity index (χ1v) is 8.13. The van der Waals surface area contributed by atoms with Crippen LogP contribution in [0, 0.1) is 5.82 Å². The molecule has 6 heteroatoms. The van der Waals surface area contributed by atoms with Crippen LogP contribution in [-0.2, 0) is 0 Å². The van der Waals surface area contributed by atoms with Crippen molar-refractivity contribution in [3.05, 3.63) is 53.8 Å². The van der Waals surface area contributed by atoms with Crippen molar-refractivity contribution < 1.29 is 18.7 Å². The third-order valence-electron chi connectivity index (χ3n) is 4.36. The minimum atomic E-state index is -0.246. The lowest BCUT2D eigenvalue weighted by molar-refractivity contribution is 0.0746. The summed E-state index contributed by atoms with van der Waals surface area (Å²) in [5, 5.41) is 0. The molecule has 0 N–H and O–H groups in total. The summed E-state index contributed by atoms with van der Waals surface area (Å²) in [7, 11) is 3.12. The van der Waals surface area contributed by atoms with Crippen LogP contribution in [0.25, 0.3) is 0 Å². The van der Waals surface area contributed by atoms with Gasteiger partial charge in [0.05, 0.1) is 14.2 Å². The number of ether oxygens (including phenoxy) is 2. The minimum Gasteiger partial charge on any atom is -0.497 e. The van der Waals surface area contributed by atoms with E-state index in [1.165, 1.54) is 12.1 Å². The van der Waals surface area contributed by atoms with Crippen LogP contribution in [0.5, 0.6) is 11.5 Å². The number of methoxy groups -OCH3 is 2. The van der Waals surface area contributed by atoms with E-state index in [-0.39, 0.29) is 11.7 Å². The molecule has 0 bridgehead atoms. The zero-order valence-electron chi connectivity index (χ0n) is 14.4. The zero-order valence-corrected chi connectivity index (χ0v) is 14.4. The summed E-state index contributed by atoms with van der Waals surface area (Å²) in [6, 6.07) is 11.6. The van der Waals surface area contributed by atoms with E-state index in [0.29, 0.717) is 43.2 Å². The molecule has 2 aromatic rings. The van der Waals surface area contributed by atoms with Crippen LogP contribution in [0.4, 0.5) is 10.1 Å². The number of anilines is 1. The average molecular weight is 344 g/mol. The van der Waals surface area contributed by atoms with Gasteiger partial charge in [0.15, 0.2) is 0 Å². The van der Waals surface area contributed by atoms with Crippen molar-refractivity contribution >= 4 is 11.6 Å². The van der Waals surface area contributed by atoms with Crippen LogP contribution >= 0.6 is 0 Å². The van der Waals surface area contributed by atoms with Crippen LogP contribution in [0.1, 0.15) is 10.4 Å². The van der Waals surface area contributed by atoms with Gasteiger partial charge in [-0.05, 0) is 36.4 Å². The molecule has 1 aliphatic rings. The first-order valence-electron chi connectivity index (χ1n) is 8.13. The largest absolute Gasteiger partial charge is 0.497 e. The van der Waals surface area contributed by atoms with E-state index >= 15 is 0 Å². The number of hydrogen-bond donors (Lipinski definition) is 0.